The monoisotopic (exact) mass is 400 g/mol. The summed E-state index contributed by atoms with van der Waals surface area (Å²) < 4.78 is 0. The molecule has 0 aliphatic rings. The number of carbonyl (C=O) groups is 2. The van der Waals surface area contributed by atoms with E-state index < -0.39 is 6.17 Å². The molecule has 5 N–H and O–H groups in total. The SMILES string of the molecule is Cc1cccc(C(=O)NC(NC(=O)Cc2ccccc2)c2ccc(C(=N)N)cc2)c1. The average Bonchev–Trinajstić information content (AvgIpc) is 2.74. The Morgan fingerprint density at radius 1 is 0.900 bits per heavy atom. The first-order chi connectivity index (χ1) is 14.4. The maximum absolute atomic E-state index is 12.8. The molecular formula is C24H24N4O2. The van der Waals surface area contributed by atoms with E-state index >= 15 is 0 Å². The van der Waals surface area contributed by atoms with Crippen LogP contribution < -0.4 is 16.4 Å². The third-order valence-electron chi connectivity index (χ3n) is 4.62. The molecule has 2 amide bonds. The largest absolute Gasteiger partial charge is 0.384 e. The van der Waals surface area contributed by atoms with E-state index in [0.29, 0.717) is 16.7 Å². The quantitative estimate of drug-likeness (QED) is 0.278. The van der Waals surface area contributed by atoms with E-state index in [0.717, 1.165) is 11.1 Å². The van der Waals surface area contributed by atoms with E-state index in [4.69, 9.17) is 11.1 Å². The first-order valence-electron chi connectivity index (χ1n) is 9.57. The number of hydrogen-bond acceptors (Lipinski definition) is 3. The average molecular weight is 400 g/mol. The molecule has 0 saturated heterocycles. The number of aryl methyl sites for hydroxylation is 1. The molecule has 6 heteroatoms. The molecular weight excluding hydrogens is 376 g/mol. The van der Waals surface area contributed by atoms with Gasteiger partial charge in [0, 0.05) is 11.1 Å². The number of nitrogens with one attached hydrogen (secondary N) is 3. The maximum Gasteiger partial charge on any atom is 0.253 e. The van der Waals surface area contributed by atoms with Gasteiger partial charge in [-0.2, -0.15) is 0 Å². The number of benzene rings is 3. The highest BCUT2D eigenvalue weighted by atomic mass is 16.2. The highest BCUT2D eigenvalue weighted by Crippen LogP contribution is 2.14. The molecule has 152 valence electrons. The van der Waals surface area contributed by atoms with E-state index in [9.17, 15) is 9.59 Å². The lowest BCUT2D eigenvalue weighted by atomic mass is 10.1. The predicted octanol–water partition coefficient (Wildman–Crippen LogP) is 3.07. The molecule has 3 aromatic carbocycles. The summed E-state index contributed by atoms with van der Waals surface area (Å²) in [5.74, 6) is -0.555. The van der Waals surface area contributed by atoms with Crippen molar-refractivity contribution in [2.24, 2.45) is 5.73 Å². The number of nitrogens with two attached hydrogens (primary N) is 1. The molecule has 0 fully saturated rings. The van der Waals surface area contributed by atoms with Gasteiger partial charge >= 0.3 is 0 Å². The van der Waals surface area contributed by atoms with Crippen LogP contribution in [0.1, 0.15) is 38.8 Å². The fourth-order valence-corrected chi connectivity index (χ4v) is 3.05. The minimum absolute atomic E-state index is 0.0463. The Labute approximate surface area is 175 Å². The molecule has 0 saturated carbocycles. The second kappa shape index (κ2) is 9.52. The summed E-state index contributed by atoms with van der Waals surface area (Å²) >= 11 is 0. The topological polar surface area (TPSA) is 108 Å². The molecule has 3 aromatic rings. The highest BCUT2D eigenvalue weighted by Gasteiger charge is 2.18. The minimum Gasteiger partial charge on any atom is -0.384 e. The molecule has 0 aromatic heterocycles. The van der Waals surface area contributed by atoms with Crippen molar-refractivity contribution in [3.05, 3.63) is 107 Å². The van der Waals surface area contributed by atoms with Gasteiger partial charge in [0.2, 0.25) is 5.91 Å². The molecule has 0 aliphatic carbocycles. The molecule has 0 radical (unpaired) electrons. The Kier molecular flexibility index (Phi) is 6.60. The minimum atomic E-state index is -0.727. The van der Waals surface area contributed by atoms with Crippen LogP contribution in [0.15, 0.2) is 78.9 Å². The first-order valence-corrected chi connectivity index (χ1v) is 9.57. The van der Waals surface area contributed by atoms with Gasteiger partial charge in [-0.15, -0.1) is 0 Å². The lowest BCUT2D eigenvalue weighted by Crippen LogP contribution is -2.41. The molecule has 1 atom stereocenters. The van der Waals surface area contributed by atoms with Crippen molar-refractivity contribution in [1.29, 1.82) is 5.41 Å². The van der Waals surface area contributed by atoms with Gasteiger partial charge in [0.1, 0.15) is 12.0 Å². The lowest BCUT2D eigenvalue weighted by Gasteiger charge is -2.21. The maximum atomic E-state index is 12.8. The third kappa shape index (κ3) is 5.54. The molecule has 30 heavy (non-hydrogen) atoms. The number of nitrogen functional groups attached to an aromatic ring is 1. The fraction of sp³-hybridized carbons (Fsp3) is 0.125. The number of carbonyl (C=O) groups excluding carboxylic acids is 2. The fourth-order valence-electron chi connectivity index (χ4n) is 3.05. The lowest BCUT2D eigenvalue weighted by molar-refractivity contribution is -0.121. The van der Waals surface area contributed by atoms with Crippen molar-refractivity contribution >= 4 is 17.6 Å². The van der Waals surface area contributed by atoms with Crippen molar-refractivity contribution in [2.45, 2.75) is 19.5 Å². The van der Waals surface area contributed by atoms with Gasteiger partial charge in [-0.3, -0.25) is 15.0 Å². The van der Waals surface area contributed by atoms with Gasteiger partial charge in [-0.1, -0.05) is 72.3 Å². The van der Waals surface area contributed by atoms with Crippen LogP contribution in [0, 0.1) is 12.3 Å². The Morgan fingerprint density at radius 3 is 2.23 bits per heavy atom. The molecule has 0 aliphatic heterocycles. The highest BCUT2D eigenvalue weighted by molar-refractivity contribution is 5.95. The standard InChI is InChI=1S/C24H24N4O2/c1-16-6-5-9-20(14-16)24(30)28-23(19-12-10-18(11-13-19)22(25)26)27-21(29)15-17-7-3-2-4-8-17/h2-14,23H,15H2,1H3,(H3,25,26)(H,27,29)(H,28,30). The van der Waals surface area contributed by atoms with Crippen LogP contribution >= 0.6 is 0 Å². The van der Waals surface area contributed by atoms with Crippen molar-refractivity contribution < 1.29 is 9.59 Å². The summed E-state index contributed by atoms with van der Waals surface area (Å²) in [6, 6.07) is 23.5. The number of rotatable bonds is 7. The summed E-state index contributed by atoms with van der Waals surface area (Å²) in [5.41, 5.74) is 9.13. The van der Waals surface area contributed by atoms with Crippen molar-refractivity contribution in [1.82, 2.24) is 10.6 Å². The van der Waals surface area contributed by atoms with Gasteiger partial charge in [0.25, 0.3) is 5.91 Å². The van der Waals surface area contributed by atoms with Crippen molar-refractivity contribution in [3.63, 3.8) is 0 Å². The van der Waals surface area contributed by atoms with E-state index in [-0.39, 0.29) is 24.1 Å². The van der Waals surface area contributed by atoms with E-state index in [1.807, 2.05) is 49.4 Å². The summed E-state index contributed by atoms with van der Waals surface area (Å²) in [5, 5.41) is 13.3. The van der Waals surface area contributed by atoms with Crippen LogP contribution in [-0.2, 0) is 11.2 Å². The molecule has 0 spiro atoms. The normalized spacial score (nSPS) is 11.4. The van der Waals surface area contributed by atoms with Gasteiger partial charge in [-0.05, 0) is 30.2 Å². The van der Waals surface area contributed by atoms with E-state index in [2.05, 4.69) is 10.6 Å². The van der Waals surface area contributed by atoms with Gasteiger partial charge in [0.15, 0.2) is 0 Å². The van der Waals surface area contributed by atoms with Crippen molar-refractivity contribution in [2.75, 3.05) is 0 Å². The van der Waals surface area contributed by atoms with Crippen LogP contribution in [0.5, 0.6) is 0 Å². The van der Waals surface area contributed by atoms with Gasteiger partial charge in [0.05, 0.1) is 6.42 Å². The molecule has 6 nitrogen and oxygen atoms in total. The van der Waals surface area contributed by atoms with E-state index in [1.165, 1.54) is 0 Å². The van der Waals surface area contributed by atoms with Crippen LogP contribution in [0.25, 0.3) is 0 Å². The zero-order chi connectivity index (χ0) is 21.5. The second-order valence-corrected chi connectivity index (χ2v) is 7.04. The van der Waals surface area contributed by atoms with Gasteiger partial charge in [-0.25, -0.2) is 0 Å². The smallest absolute Gasteiger partial charge is 0.253 e. The number of amidine groups is 1. The number of hydrogen-bond donors (Lipinski definition) is 4. The van der Waals surface area contributed by atoms with E-state index in [1.54, 1.807) is 36.4 Å². The molecule has 1 unspecified atom stereocenters. The molecule has 0 heterocycles. The number of amides is 2. The van der Waals surface area contributed by atoms with Crippen LogP contribution in [0.4, 0.5) is 0 Å². The van der Waals surface area contributed by atoms with Crippen LogP contribution in [0.3, 0.4) is 0 Å². The zero-order valence-electron chi connectivity index (χ0n) is 16.7. The summed E-state index contributed by atoms with van der Waals surface area (Å²) in [4.78, 5) is 25.4. The Bertz CT molecular complexity index is 1050. The summed E-state index contributed by atoms with van der Waals surface area (Å²) in [7, 11) is 0. The molecule has 3 rings (SSSR count). The van der Waals surface area contributed by atoms with Crippen LogP contribution in [0.2, 0.25) is 0 Å². The second-order valence-electron chi connectivity index (χ2n) is 7.04. The summed E-state index contributed by atoms with van der Waals surface area (Å²) in [6.07, 6.45) is -0.529. The zero-order valence-corrected chi connectivity index (χ0v) is 16.7. The Balaban J connectivity index is 1.81. The first kappa shape index (κ1) is 20.8. The Morgan fingerprint density at radius 2 is 1.60 bits per heavy atom. The predicted molar refractivity (Wildman–Crippen MR) is 117 cm³/mol. The molecule has 0 bridgehead atoms. The van der Waals surface area contributed by atoms with Crippen LogP contribution in [-0.4, -0.2) is 17.6 Å². The summed E-state index contributed by atoms with van der Waals surface area (Å²) in [6.45, 7) is 1.91. The van der Waals surface area contributed by atoms with Crippen molar-refractivity contribution in [3.8, 4) is 0 Å². The third-order valence-corrected chi connectivity index (χ3v) is 4.62. The van der Waals surface area contributed by atoms with Gasteiger partial charge < -0.3 is 16.4 Å². The Hall–Kier alpha value is -3.93.